The van der Waals surface area contributed by atoms with Crippen molar-refractivity contribution in [2.75, 3.05) is 26.2 Å². The van der Waals surface area contributed by atoms with Gasteiger partial charge in [-0.2, -0.15) is 13.5 Å². The molecule has 0 unspecified atom stereocenters. The molecule has 14 nitrogen and oxygen atoms in total. The van der Waals surface area contributed by atoms with Gasteiger partial charge in [0, 0.05) is 25.7 Å². The number of rotatable bonds is 8. The topological polar surface area (TPSA) is 202 Å². The Hall–Kier alpha value is -2.20. The van der Waals surface area contributed by atoms with E-state index in [-0.39, 0.29) is 31.1 Å². The highest BCUT2D eigenvalue weighted by molar-refractivity contribution is 7.80. The molecule has 0 aliphatic carbocycles. The molecule has 15 heteroatoms. The number of nitrogens with two attached hydrogens (primary N) is 2. The molecule has 2 bridgehead atoms. The third kappa shape index (κ3) is 5.45. The molecule has 3 heterocycles. The number of piperidine rings is 1. The van der Waals surface area contributed by atoms with Crippen LogP contribution in [0.3, 0.4) is 0 Å². The summed E-state index contributed by atoms with van der Waals surface area (Å²) in [4.78, 5) is 35.2. The van der Waals surface area contributed by atoms with Crippen molar-refractivity contribution in [3.8, 4) is 0 Å². The lowest BCUT2D eigenvalue weighted by atomic mass is 10.0. The number of urea groups is 1. The van der Waals surface area contributed by atoms with E-state index in [1.807, 2.05) is 0 Å². The van der Waals surface area contributed by atoms with Crippen molar-refractivity contribution in [2.45, 2.75) is 37.4 Å². The molecule has 3 rings (SSSR count). The van der Waals surface area contributed by atoms with Gasteiger partial charge in [-0.05, 0) is 25.2 Å². The van der Waals surface area contributed by atoms with E-state index in [2.05, 4.69) is 20.1 Å². The van der Waals surface area contributed by atoms with Crippen LogP contribution in [0.4, 0.5) is 4.79 Å². The van der Waals surface area contributed by atoms with Gasteiger partial charge < -0.3 is 21.7 Å². The highest BCUT2D eigenvalue weighted by Crippen LogP contribution is 2.30. The van der Waals surface area contributed by atoms with E-state index in [0.717, 1.165) is 13.0 Å². The second kappa shape index (κ2) is 8.66. The van der Waals surface area contributed by atoms with Crippen molar-refractivity contribution < 1.29 is 31.7 Å². The maximum Gasteiger partial charge on any atom is 0.418 e. The standard InChI is InChI=1S/C14H25N7O7S/c15-13(16)18-5-8-3-9(17-4-8)7-27-19-12(22)11-2-1-10-6-20(11)14(23)21(10)28-29(24,25)26/h8-11,17H,1-7H2,(H,19,22)(H4,15,16,18)(H,24,25,26)/t8-,9+,10+,11-/m0/s1. The third-order valence-electron chi connectivity index (χ3n) is 5.10. The van der Waals surface area contributed by atoms with Gasteiger partial charge in [0.05, 0.1) is 12.6 Å². The fourth-order valence-electron chi connectivity index (χ4n) is 3.79. The highest BCUT2D eigenvalue weighted by Gasteiger charge is 2.49. The van der Waals surface area contributed by atoms with Crippen molar-refractivity contribution in [1.29, 1.82) is 0 Å². The minimum atomic E-state index is -4.83. The summed E-state index contributed by atoms with van der Waals surface area (Å²) in [5.41, 5.74) is 13.0. The Morgan fingerprint density at radius 2 is 2.14 bits per heavy atom. The second-order valence-electron chi connectivity index (χ2n) is 7.26. The van der Waals surface area contributed by atoms with Crippen LogP contribution in [-0.2, 0) is 24.3 Å². The predicted molar refractivity (Wildman–Crippen MR) is 98.1 cm³/mol. The number of nitrogens with zero attached hydrogens (tertiary/aromatic N) is 3. The second-order valence-corrected chi connectivity index (χ2v) is 8.26. The zero-order valence-corrected chi connectivity index (χ0v) is 16.4. The summed E-state index contributed by atoms with van der Waals surface area (Å²) in [6.45, 7) is 1.59. The monoisotopic (exact) mass is 435 g/mol. The van der Waals surface area contributed by atoms with E-state index < -0.39 is 34.4 Å². The summed E-state index contributed by atoms with van der Waals surface area (Å²) in [5, 5.41) is 3.84. The summed E-state index contributed by atoms with van der Waals surface area (Å²) in [5.74, 6) is -0.197. The summed E-state index contributed by atoms with van der Waals surface area (Å²) >= 11 is 0. The molecule has 164 valence electrons. The SMILES string of the molecule is NC(N)=NC[C@@H]1CN[C@@H](CONC(=O)[C@@H]2CC[C@@H]3CN2C(=O)N3OS(=O)(=O)O)C1. The van der Waals surface area contributed by atoms with Gasteiger partial charge in [-0.1, -0.05) is 0 Å². The number of carbonyl (C=O) groups is 2. The number of fused-ring (bicyclic) bond motifs is 2. The van der Waals surface area contributed by atoms with E-state index >= 15 is 0 Å². The molecular formula is C14H25N7O7S. The van der Waals surface area contributed by atoms with Crippen LogP contribution in [0.25, 0.3) is 0 Å². The van der Waals surface area contributed by atoms with Gasteiger partial charge in [0.1, 0.15) is 6.04 Å². The molecule has 4 atom stereocenters. The van der Waals surface area contributed by atoms with Gasteiger partial charge in [0.2, 0.25) is 0 Å². The van der Waals surface area contributed by atoms with Crippen molar-refractivity contribution in [3.05, 3.63) is 0 Å². The molecule has 3 aliphatic rings. The first kappa shape index (κ1) is 21.5. The lowest BCUT2D eigenvalue weighted by molar-refractivity contribution is -0.139. The Kier molecular flexibility index (Phi) is 6.42. The number of hydroxylamine groups is 3. The van der Waals surface area contributed by atoms with Gasteiger partial charge in [-0.25, -0.2) is 10.3 Å². The Morgan fingerprint density at radius 3 is 2.83 bits per heavy atom. The van der Waals surface area contributed by atoms with Crippen LogP contribution in [0.5, 0.6) is 0 Å². The Balaban J connectivity index is 1.44. The minimum Gasteiger partial charge on any atom is -0.370 e. The van der Waals surface area contributed by atoms with Gasteiger partial charge in [0.25, 0.3) is 5.91 Å². The van der Waals surface area contributed by atoms with Crippen molar-refractivity contribution >= 4 is 28.3 Å². The molecule has 0 aromatic heterocycles. The van der Waals surface area contributed by atoms with Crippen LogP contribution in [0, 0.1) is 5.92 Å². The Bertz CT molecular complexity index is 772. The quantitative estimate of drug-likeness (QED) is 0.115. The molecule has 3 saturated heterocycles. The number of aliphatic imine (C=N–C) groups is 1. The average Bonchev–Trinajstić information content (AvgIpc) is 3.18. The maximum atomic E-state index is 12.4. The van der Waals surface area contributed by atoms with Gasteiger partial charge in [0.15, 0.2) is 5.96 Å². The summed E-state index contributed by atoms with van der Waals surface area (Å²) in [6, 6.07) is -2.15. The highest BCUT2D eigenvalue weighted by atomic mass is 32.3. The number of amides is 3. The molecule has 0 saturated carbocycles. The molecule has 0 aromatic rings. The first-order valence-corrected chi connectivity index (χ1v) is 10.5. The fourth-order valence-corrected chi connectivity index (χ4v) is 4.18. The van der Waals surface area contributed by atoms with Crippen LogP contribution in [0.1, 0.15) is 19.3 Å². The minimum absolute atomic E-state index is 0.0253. The van der Waals surface area contributed by atoms with Crippen LogP contribution in [0.2, 0.25) is 0 Å². The van der Waals surface area contributed by atoms with E-state index in [4.69, 9.17) is 20.9 Å². The third-order valence-corrected chi connectivity index (χ3v) is 5.45. The van der Waals surface area contributed by atoms with E-state index in [9.17, 15) is 18.0 Å². The Morgan fingerprint density at radius 1 is 1.38 bits per heavy atom. The molecule has 29 heavy (non-hydrogen) atoms. The average molecular weight is 435 g/mol. The van der Waals surface area contributed by atoms with Crippen LogP contribution >= 0.6 is 0 Å². The van der Waals surface area contributed by atoms with E-state index in [1.165, 1.54) is 4.90 Å². The zero-order chi connectivity index (χ0) is 21.2. The van der Waals surface area contributed by atoms with Gasteiger partial charge >= 0.3 is 16.4 Å². The molecule has 3 fully saturated rings. The molecule has 3 aliphatic heterocycles. The maximum absolute atomic E-state index is 12.4. The van der Waals surface area contributed by atoms with Crippen molar-refractivity contribution in [2.24, 2.45) is 22.4 Å². The Labute approximate surface area is 167 Å². The largest absolute Gasteiger partial charge is 0.418 e. The molecule has 0 aromatic carbocycles. The van der Waals surface area contributed by atoms with Gasteiger partial charge in [-0.3, -0.25) is 19.2 Å². The number of hydrogen-bond donors (Lipinski definition) is 5. The number of hydrogen-bond acceptors (Lipinski definition) is 8. The molecule has 0 spiro atoms. The summed E-state index contributed by atoms with van der Waals surface area (Å²) < 4.78 is 34.9. The van der Waals surface area contributed by atoms with Crippen molar-refractivity contribution in [1.82, 2.24) is 20.8 Å². The molecule has 3 amide bonds. The van der Waals surface area contributed by atoms with Crippen LogP contribution in [-0.4, -0.2) is 85.2 Å². The van der Waals surface area contributed by atoms with E-state index in [0.29, 0.717) is 24.4 Å². The summed E-state index contributed by atoms with van der Waals surface area (Å²) in [6.07, 6.45) is 1.43. The predicted octanol–water partition coefficient (Wildman–Crippen LogP) is -2.71. The number of carbonyl (C=O) groups excluding carboxylic acids is 2. The van der Waals surface area contributed by atoms with Crippen LogP contribution in [0.15, 0.2) is 4.99 Å². The summed E-state index contributed by atoms with van der Waals surface area (Å²) in [7, 11) is -4.83. The lowest BCUT2D eigenvalue weighted by Crippen LogP contribution is -2.50. The first-order valence-electron chi connectivity index (χ1n) is 9.11. The van der Waals surface area contributed by atoms with Gasteiger partial charge in [-0.15, -0.1) is 4.28 Å². The normalized spacial score (nSPS) is 29.2. The number of guanidine groups is 1. The fraction of sp³-hybridized carbons (Fsp3) is 0.786. The van der Waals surface area contributed by atoms with E-state index in [1.54, 1.807) is 0 Å². The molecular weight excluding hydrogens is 410 g/mol. The zero-order valence-electron chi connectivity index (χ0n) is 15.6. The lowest BCUT2D eigenvalue weighted by Gasteiger charge is -2.29. The first-order chi connectivity index (χ1) is 13.6. The molecule has 0 radical (unpaired) electrons. The van der Waals surface area contributed by atoms with Crippen molar-refractivity contribution in [3.63, 3.8) is 0 Å². The number of nitrogens with one attached hydrogen (secondary N) is 2. The molecule has 7 N–H and O–H groups in total. The van der Waals surface area contributed by atoms with Crippen LogP contribution < -0.4 is 22.3 Å². The smallest absolute Gasteiger partial charge is 0.370 e.